The van der Waals surface area contributed by atoms with Gasteiger partial charge in [-0.05, 0) is 35.9 Å². The largest absolute Gasteiger partial charge is 0.326 e. The molecule has 0 aliphatic carbocycles. The molecule has 2 rings (SSSR count). The average molecular weight is 290 g/mol. The maximum Gasteiger partial charge on any atom is 0.221 e. The lowest BCUT2D eigenvalue weighted by molar-refractivity contribution is -0.114. The molecular weight excluding hydrogens is 274 g/mol. The highest BCUT2D eigenvalue weighted by Crippen LogP contribution is 2.12. The third-order valence-electron chi connectivity index (χ3n) is 2.90. The fourth-order valence-electron chi connectivity index (χ4n) is 1.98. The molecule has 0 aromatic heterocycles. The number of carbonyl (C=O) groups excluding carboxylic acids is 1. The fraction of sp³-hybridized carbons (Fsp3) is 0.188. The van der Waals surface area contributed by atoms with E-state index in [4.69, 9.17) is 0 Å². The summed E-state index contributed by atoms with van der Waals surface area (Å²) < 4.78 is 26.5. The SMILES string of the molecule is CC(=O)Nc1cccc(CNCc2cc(F)ccc2F)c1. The molecule has 0 radical (unpaired) electrons. The van der Waals surface area contributed by atoms with Crippen LogP contribution in [0, 0.1) is 11.6 Å². The number of nitrogens with one attached hydrogen (secondary N) is 2. The molecule has 1 amide bonds. The summed E-state index contributed by atoms with van der Waals surface area (Å²) in [5, 5.41) is 5.74. The maximum atomic E-state index is 13.4. The molecule has 2 N–H and O–H groups in total. The number of amides is 1. The van der Waals surface area contributed by atoms with Gasteiger partial charge >= 0.3 is 0 Å². The van der Waals surface area contributed by atoms with Gasteiger partial charge in [-0.3, -0.25) is 4.79 Å². The fourth-order valence-corrected chi connectivity index (χ4v) is 1.98. The van der Waals surface area contributed by atoms with Crippen LogP contribution >= 0.6 is 0 Å². The zero-order valence-electron chi connectivity index (χ0n) is 11.6. The van der Waals surface area contributed by atoms with Crippen LogP contribution < -0.4 is 10.6 Å². The topological polar surface area (TPSA) is 41.1 Å². The Morgan fingerprint density at radius 3 is 2.67 bits per heavy atom. The average Bonchev–Trinajstić information content (AvgIpc) is 2.42. The van der Waals surface area contributed by atoms with Gasteiger partial charge in [0, 0.05) is 31.3 Å². The van der Waals surface area contributed by atoms with Crippen molar-refractivity contribution in [3.8, 4) is 0 Å². The third kappa shape index (κ3) is 4.65. The first-order valence-electron chi connectivity index (χ1n) is 6.56. The minimum absolute atomic E-state index is 0.137. The van der Waals surface area contributed by atoms with Crippen LogP contribution in [0.3, 0.4) is 0 Å². The molecule has 3 nitrogen and oxygen atoms in total. The molecule has 0 fully saturated rings. The van der Waals surface area contributed by atoms with Crippen LogP contribution in [-0.4, -0.2) is 5.91 Å². The van der Waals surface area contributed by atoms with Crippen LogP contribution in [0.4, 0.5) is 14.5 Å². The molecule has 0 aliphatic rings. The van der Waals surface area contributed by atoms with E-state index in [-0.39, 0.29) is 18.0 Å². The van der Waals surface area contributed by atoms with E-state index in [1.807, 2.05) is 18.2 Å². The molecule has 0 spiro atoms. The van der Waals surface area contributed by atoms with Gasteiger partial charge in [-0.25, -0.2) is 8.78 Å². The molecule has 0 aliphatic heterocycles. The summed E-state index contributed by atoms with van der Waals surface area (Å²) >= 11 is 0. The van der Waals surface area contributed by atoms with Crippen molar-refractivity contribution in [3.63, 3.8) is 0 Å². The standard InChI is InChI=1S/C16H16F2N2O/c1-11(21)20-15-4-2-3-12(7-15)9-19-10-13-8-14(17)5-6-16(13)18/h2-8,19H,9-10H2,1H3,(H,20,21). The van der Waals surface area contributed by atoms with Crippen molar-refractivity contribution < 1.29 is 13.6 Å². The van der Waals surface area contributed by atoms with E-state index in [1.165, 1.54) is 13.0 Å². The highest BCUT2D eigenvalue weighted by atomic mass is 19.1. The Labute approximate surface area is 122 Å². The highest BCUT2D eigenvalue weighted by molar-refractivity contribution is 5.88. The van der Waals surface area contributed by atoms with Crippen LogP contribution in [0.2, 0.25) is 0 Å². The van der Waals surface area contributed by atoms with Crippen molar-refractivity contribution in [1.29, 1.82) is 0 Å². The predicted molar refractivity (Wildman–Crippen MR) is 77.6 cm³/mol. The second kappa shape index (κ2) is 6.95. The number of halogens is 2. The second-order valence-corrected chi connectivity index (χ2v) is 4.72. The van der Waals surface area contributed by atoms with E-state index in [0.717, 1.165) is 17.7 Å². The smallest absolute Gasteiger partial charge is 0.221 e. The predicted octanol–water partition coefficient (Wildman–Crippen LogP) is 3.21. The van der Waals surface area contributed by atoms with Gasteiger partial charge < -0.3 is 10.6 Å². The van der Waals surface area contributed by atoms with Crippen molar-refractivity contribution in [2.75, 3.05) is 5.32 Å². The highest BCUT2D eigenvalue weighted by Gasteiger charge is 2.04. The molecule has 0 bridgehead atoms. The lowest BCUT2D eigenvalue weighted by atomic mass is 10.1. The van der Waals surface area contributed by atoms with Crippen LogP contribution in [0.5, 0.6) is 0 Å². The van der Waals surface area contributed by atoms with Gasteiger partial charge in [0.05, 0.1) is 0 Å². The van der Waals surface area contributed by atoms with Gasteiger partial charge in [0.1, 0.15) is 11.6 Å². The summed E-state index contributed by atoms with van der Waals surface area (Å²) in [6.45, 7) is 2.16. The Balaban J connectivity index is 1.94. The molecule has 2 aromatic carbocycles. The van der Waals surface area contributed by atoms with E-state index in [9.17, 15) is 13.6 Å². The van der Waals surface area contributed by atoms with Crippen molar-refractivity contribution in [1.82, 2.24) is 5.32 Å². The van der Waals surface area contributed by atoms with Crippen molar-refractivity contribution in [2.45, 2.75) is 20.0 Å². The van der Waals surface area contributed by atoms with Gasteiger partial charge in [-0.15, -0.1) is 0 Å². The zero-order chi connectivity index (χ0) is 15.2. The van der Waals surface area contributed by atoms with Gasteiger partial charge in [-0.1, -0.05) is 12.1 Å². The molecule has 0 saturated carbocycles. The molecule has 0 saturated heterocycles. The van der Waals surface area contributed by atoms with E-state index in [2.05, 4.69) is 10.6 Å². The number of carbonyl (C=O) groups is 1. The molecule has 5 heteroatoms. The number of anilines is 1. The first kappa shape index (κ1) is 15.1. The number of rotatable bonds is 5. The molecule has 0 heterocycles. The summed E-state index contributed by atoms with van der Waals surface area (Å²) in [4.78, 5) is 11.0. The first-order chi connectivity index (χ1) is 10.0. The minimum atomic E-state index is -0.458. The number of hydrogen-bond donors (Lipinski definition) is 2. The monoisotopic (exact) mass is 290 g/mol. The Kier molecular flexibility index (Phi) is 5.00. The summed E-state index contributed by atoms with van der Waals surface area (Å²) in [5.41, 5.74) is 1.94. The van der Waals surface area contributed by atoms with Gasteiger partial charge in [0.25, 0.3) is 0 Å². The minimum Gasteiger partial charge on any atom is -0.326 e. The molecule has 0 unspecified atom stereocenters. The number of benzene rings is 2. The van der Waals surface area contributed by atoms with Crippen LogP contribution in [-0.2, 0) is 17.9 Å². The van der Waals surface area contributed by atoms with Crippen molar-refractivity contribution >= 4 is 11.6 Å². The Morgan fingerprint density at radius 2 is 1.90 bits per heavy atom. The Bertz CT molecular complexity index is 644. The van der Waals surface area contributed by atoms with Crippen LogP contribution in [0.15, 0.2) is 42.5 Å². The van der Waals surface area contributed by atoms with Crippen molar-refractivity contribution in [3.05, 3.63) is 65.2 Å². The molecular formula is C16H16F2N2O. The Hall–Kier alpha value is -2.27. The van der Waals surface area contributed by atoms with E-state index in [0.29, 0.717) is 12.2 Å². The Morgan fingerprint density at radius 1 is 1.10 bits per heavy atom. The maximum absolute atomic E-state index is 13.4. The third-order valence-corrected chi connectivity index (χ3v) is 2.90. The van der Waals surface area contributed by atoms with E-state index in [1.54, 1.807) is 6.07 Å². The summed E-state index contributed by atoms with van der Waals surface area (Å²) in [7, 11) is 0. The first-order valence-corrected chi connectivity index (χ1v) is 6.56. The molecule has 2 aromatic rings. The second-order valence-electron chi connectivity index (χ2n) is 4.72. The van der Waals surface area contributed by atoms with Crippen LogP contribution in [0.1, 0.15) is 18.1 Å². The van der Waals surface area contributed by atoms with Crippen molar-refractivity contribution in [2.24, 2.45) is 0 Å². The van der Waals surface area contributed by atoms with E-state index >= 15 is 0 Å². The molecule has 21 heavy (non-hydrogen) atoms. The molecule has 0 atom stereocenters. The lowest BCUT2D eigenvalue weighted by Crippen LogP contribution is -2.14. The van der Waals surface area contributed by atoms with Gasteiger partial charge in [0.15, 0.2) is 0 Å². The van der Waals surface area contributed by atoms with Crippen LogP contribution in [0.25, 0.3) is 0 Å². The summed E-state index contributed by atoms with van der Waals surface area (Å²) in [5.74, 6) is -1.03. The normalized spacial score (nSPS) is 10.4. The van der Waals surface area contributed by atoms with E-state index < -0.39 is 11.6 Å². The summed E-state index contributed by atoms with van der Waals surface area (Å²) in [6, 6.07) is 10.7. The lowest BCUT2D eigenvalue weighted by Gasteiger charge is -2.08. The summed E-state index contributed by atoms with van der Waals surface area (Å²) in [6.07, 6.45) is 0. The van der Waals surface area contributed by atoms with Gasteiger partial charge in [0.2, 0.25) is 5.91 Å². The quantitative estimate of drug-likeness (QED) is 0.887. The van der Waals surface area contributed by atoms with Gasteiger partial charge in [-0.2, -0.15) is 0 Å². The molecule has 110 valence electrons. The number of hydrogen-bond acceptors (Lipinski definition) is 2. The zero-order valence-corrected chi connectivity index (χ0v) is 11.6.